The second kappa shape index (κ2) is 11.8. The zero-order chi connectivity index (χ0) is 22.1. The number of oxazole rings is 1. The number of rotatable bonds is 11. The molecule has 1 N–H and O–H groups in total. The van der Waals surface area contributed by atoms with Crippen molar-refractivity contribution >= 4 is 5.91 Å². The third kappa shape index (κ3) is 8.34. The summed E-state index contributed by atoms with van der Waals surface area (Å²) in [5.74, 6) is 0.531. The molecule has 172 valence electrons. The quantitative estimate of drug-likeness (QED) is 0.583. The molecule has 1 aliphatic rings. The van der Waals surface area contributed by atoms with Crippen molar-refractivity contribution in [2.45, 2.75) is 65.7 Å². The molecule has 1 aliphatic heterocycles. The molecular weight excluding hydrogens is 384 g/mol. The van der Waals surface area contributed by atoms with Gasteiger partial charge in [-0.3, -0.25) is 14.6 Å². The number of amides is 1. The van der Waals surface area contributed by atoms with Gasteiger partial charge in [-0.05, 0) is 33.6 Å². The standard InChI is InChI=1S/C22H40N4O4/c1-6-8-26(9-7-2)21(28)19-17-29-20(23-19)15-25-12-10-24(11-13-25)14-18(27)16-30-22(3,4)5/h17-18,27H,6-16H2,1-5H3. The topological polar surface area (TPSA) is 82.3 Å². The molecule has 0 aliphatic carbocycles. The number of β-amino-alcohol motifs (C(OH)–C–C–N with tert-alkyl or cyclic N) is 1. The predicted molar refractivity (Wildman–Crippen MR) is 116 cm³/mol. The van der Waals surface area contributed by atoms with Gasteiger partial charge < -0.3 is 19.2 Å². The van der Waals surface area contributed by atoms with Gasteiger partial charge in [-0.25, -0.2) is 4.98 Å². The molecular formula is C22H40N4O4. The largest absolute Gasteiger partial charge is 0.447 e. The summed E-state index contributed by atoms with van der Waals surface area (Å²) in [4.78, 5) is 23.4. The highest BCUT2D eigenvalue weighted by Gasteiger charge is 2.23. The highest BCUT2D eigenvalue weighted by molar-refractivity contribution is 5.91. The third-order valence-corrected chi connectivity index (χ3v) is 5.05. The van der Waals surface area contributed by atoms with E-state index in [-0.39, 0.29) is 11.5 Å². The van der Waals surface area contributed by atoms with Crippen LogP contribution in [0.15, 0.2) is 10.7 Å². The van der Waals surface area contributed by atoms with Gasteiger partial charge in [0.1, 0.15) is 6.26 Å². The van der Waals surface area contributed by atoms with Gasteiger partial charge in [0.2, 0.25) is 5.89 Å². The van der Waals surface area contributed by atoms with Crippen molar-refractivity contribution in [3.8, 4) is 0 Å². The highest BCUT2D eigenvalue weighted by atomic mass is 16.5. The fourth-order valence-corrected chi connectivity index (χ4v) is 3.52. The van der Waals surface area contributed by atoms with E-state index in [2.05, 4.69) is 28.6 Å². The molecule has 30 heavy (non-hydrogen) atoms. The molecule has 0 radical (unpaired) electrons. The molecule has 1 saturated heterocycles. The number of piperazine rings is 1. The Bertz CT molecular complexity index is 629. The van der Waals surface area contributed by atoms with Gasteiger partial charge in [-0.1, -0.05) is 13.8 Å². The summed E-state index contributed by atoms with van der Waals surface area (Å²) < 4.78 is 11.2. The number of carbonyl (C=O) groups is 1. The van der Waals surface area contributed by atoms with Crippen molar-refractivity contribution in [3.05, 3.63) is 17.8 Å². The molecule has 8 heteroatoms. The van der Waals surface area contributed by atoms with Gasteiger partial charge in [0.05, 0.1) is 24.9 Å². The van der Waals surface area contributed by atoms with Gasteiger partial charge in [0, 0.05) is 45.8 Å². The first-order valence-electron chi connectivity index (χ1n) is 11.2. The average Bonchev–Trinajstić information content (AvgIpc) is 3.15. The van der Waals surface area contributed by atoms with E-state index >= 15 is 0 Å². The van der Waals surface area contributed by atoms with Crippen LogP contribution in [0, 0.1) is 0 Å². The van der Waals surface area contributed by atoms with Crippen LogP contribution in [0.25, 0.3) is 0 Å². The van der Waals surface area contributed by atoms with Crippen molar-refractivity contribution in [3.63, 3.8) is 0 Å². The second-order valence-corrected chi connectivity index (χ2v) is 9.07. The zero-order valence-corrected chi connectivity index (χ0v) is 19.4. The van der Waals surface area contributed by atoms with Crippen LogP contribution < -0.4 is 0 Å². The summed E-state index contributed by atoms with van der Waals surface area (Å²) in [5, 5.41) is 10.2. The van der Waals surface area contributed by atoms with Crippen molar-refractivity contribution < 1.29 is 19.1 Å². The molecule has 1 amide bonds. The fourth-order valence-electron chi connectivity index (χ4n) is 3.52. The Balaban J connectivity index is 1.77. The lowest BCUT2D eigenvalue weighted by Gasteiger charge is -2.35. The summed E-state index contributed by atoms with van der Waals surface area (Å²) in [6, 6.07) is 0. The number of hydrogen-bond acceptors (Lipinski definition) is 7. The molecule has 0 spiro atoms. The van der Waals surface area contributed by atoms with E-state index in [0.717, 1.165) is 52.1 Å². The summed E-state index contributed by atoms with van der Waals surface area (Å²) >= 11 is 0. The lowest BCUT2D eigenvalue weighted by atomic mass is 10.2. The van der Waals surface area contributed by atoms with Crippen molar-refractivity contribution in [2.24, 2.45) is 0 Å². The van der Waals surface area contributed by atoms with Gasteiger partial charge in [-0.2, -0.15) is 0 Å². The number of carbonyl (C=O) groups excluding carboxylic acids is 1. The Labute approximate surface area is 181 Å². The fraction of sp³-hybridized carbons (Fsp3) is 0.818. The Morgan fingerprint density at radius 3 is 2.37 bits per heavy atom. The van der Waals surface area contributed by atoms with E-state index < -0.39 is 6.10 Å². The maximum atomic E-state index is 12.6. The molecule has 1 fully saturated rings. The molecule has 1 aromatic heterocycles. The highest BCUT2D eigenvalue weighted by Crippen LogP contribution is 2.12. The molecule has 1 atom stereocenters. The zero-order valence-electron chi connectivity index (χ0n) is 19.4. The smallest absolute Gasteiger partial charge is 0.275 e. The van der Waals surface area contributed by atoms with E-state index in [4.69, 9.17) is 9.15 Å². The number of aliphatic hydroxyl groups excluding tert-OH is 1. The minimum Gasteiger partial charge on any atom is -0.447 e. The lowest BCUT2D eigenvalue weighted by molar-refractivity contribution is -0.0588. The number of hydrogen-bond donors (Lipinski definition) is 1. The van der Waals surface area contributed by atoms with Crippen LogP contribution >= 0.6 is 0 Å². The number of ether oxygens (including phenoxy) is 1. The Morgan fingerprint density at radius 1 is 1.20 bits per heavy atom. The first-order valence-corrected chi connectivity index (χ1v) is 11.2. The molecule has 0 bridgehead atoms. The molecule has 0 saturated carbocycles. The van der Waals surface area contributed by atoms with Crippen LogP contribution in [0.3, 0.4) is 0 Å². The minimum atomic E-state index is -0.481. The SMILES string of the molecule is CCCN(CCC)C(=O)c1coc(CN2CCN(CC(O)COC(C)(C)C)CC2)n1. The van der Waals surface area contributed by atoms with E-state index in [1.165, 1.54) is 6.26 Å². The summed E-state index contributed by atoms with van der Waals surface area (Å²) in [7, 11) is 0. The van der Waals surface area contributed by atoms with Crippen LogP contribution in [-0.2, 0) is 11.3 Å². The number of aromatic nitrogens is 1. The molecule has 8 nitrogen and oxygen atoms in total. The average molecular weight is 425 g/mol. The maximum absolute atomic E-state index is 12.6. The van der Waals surface area contributed by atoms with Crippen LogP contribution in [0.5, 0.6) is 0 Å². The number of aliphatic hydroxyl groups is 1. The van der Waals surface area contributed by atoms with Crippen LogP contribution in [0.4, 0.5) is 0 Å². The summed E-state index contributed by atoms with van der Waals surface area (Å²) in [6.07, 6.45) is 2.86. The van der Waals surface area contributed by atoms with Crippen molar-refractivity contribution in [1.29, 1.82) is 0 Å². The van der Waals surface area contributed by atoms with Gasteiger partial charge in [-0.15, -0.1) is 0 Å². The predicted octanol–water partition coefficient (Wildman–Crippen LogP) is 2.23. The maximum Gasteiger partial charge on any atom is 0.275 e. The van der Waals surface area contributed by atoms with E-state index in [1.807, 2.05) is 25.7 Å². The Kier molecular flexibility index (Phi) is 9.74. The van der Waals surface area contributed by atoms with E-state index in [1.54, 1.807) is 0 Å². The monoisotopic (exact) mass is 424 g/mol. The Morgan fingerprint density at radius 2 is 1.80 bits per heavy atom. The first-order chi connectivity index (χ1) is 14.2. The third-order valence-electron chi connectivity index (χ3n) is 5.05. The minimum absolute atomic E-state index is 0.0509. The van der Waals surface area contributed by atoms with E-state index in [0.29, 0.717) is 31.3 Å². The van der Waals surface area contributed by atoms with Gasteiger partial charge >= 0.3 is 0 Å². The molecule has 2 rings (SSSR count). The molecule has 1 aromatic rings. The van der Waals surface area contributed by atoms with Crippen LogP contribution in [0.2, 0.25) is 0 Å². The second-order valence-electron chi connectivity index (χ2n) is 9.07. The van der Waals surface area contributed by atoms with Crippen LogP contribution in [-0.4, -0.2) is 94.8 Å². The molecule has 0 aromatic carbocycles. The molecule has 2 heterocycles. The summed E-state index contributed by atoms with van der Waals surface area (Å²) in [6.45, 7) is 16.6. The van der Waals surface area contributed by atoms with Crippen molar-refractivity contribution in [2.75, 3.05) is 52.4 Å². The Hall–Kier alpha value is -1.48. The summed E-state index contributed by atoms with van der Waals surface area (Å²) in [5.41, 5.74) is 0.160. The van der Waals surface area contributed by atoms with Gasteiger partial charge in [0.15, 0.2) is 5.69 Å². The van der Waals surface area contributed by atoms with E-state index in [9.17, 15) is 9.90 Å². The van der Waals surface area contributed by atoms with Crippen LogP contribution in [0.1, 0.15) is 63.8 Å². The molecule has 1 unspecified atom stereocenters. The normalized spacial score (nSPS) is 17.3. The van der Waals surface area contributed by atoms with Gasteiger partial charge in [0.25, 0.3) is 5.91 Å². The number of nitrogens with zero attached hydrogens (tertiary/aromatic N) is 4. The van der Waals surface area contributed by atoms with Crippen molar-refractivity contribution in [1.82, 2.24) is 19.7 Å². The first kappa shape index (κ1) is 24.8. The lowest BCUT2D eigenvalue weighted by Crippen LogP contribution is -2.49.